The van der Waals surface area contributed by atoms with E-state index >= 15 is 0 Å². The van der Waals surface area contributed by atoms with Crippen molar-refractivity contribution in [2.45, 2.75) is 6.10 Å². The van der Waals surface area contributed by atoms with Crippen LogP contribution in [0.5, 0.6) is 0 Å². The number of aromatic nitrogens is 4. The van der Waals surface area contributed by atoms with Crippen LogP contribution in [0.1, 0.15) is 22.2 Å². The summed E-state index contributed by atoms with van der Waals surface area (Å²) in [5.74, 6) is 0.620. The first-order valence-electron chi connectivity index (χ1n) is 9.01. The summed E-state index contributed by atoms with van der Waals surface area (Å²) in [7, 11) is 1.78. The van der Waals surface area contributed by atoms with Gasteiger partial charge in [0.2, 0.25) is 0 Å². The van der Waals surface area contributed by atoms with Crippen LogP contribution in [0, 0.1) is 0 Å². The van der Waals surface area contributed by atoms with E-state index in [-0.39, 0.29) is 12.0 Å². The van der Waals surface area contributed by atoms with Gasteiger partial charge in [0.15, 0.2) is 0 Å². The van der Waals surface area contributed by atoms with Gasteiger partial charge in [-0.05, 0) is 24.3 Å². The Hall–Kier alpha value is -3.39. The minimum Gasteiger partial charge on any atom is -0.373 e. The molecule has 1 amide bonds. The van der Waals surface area contributed by atoms with E-state index in [9.17, 15) is 4.79 Å². The zero-order valence-corrected chi connectivity index (χ0v) is 15.4. The van der Waals surface area contributed by atoms with Crippen molar-refractivity contribution < 1.29 is 9.53 Å². The number of hydrogen-bond donors (Lipinski definition) is 1. The maximum absolute atomic E-state index is 12.9. The number of carbonyl (C=O) groups excluding carboxylic acids is 1. The van der Waals surface area contributed by atoms with Crippen molar-refractivity contribution in [2.75, 3.05) is 32.1 Å². The Morgan fingerprint density at radius 3 is 2.93 bits per heavy atom. The first-order chi connectivity index (χ1) is 13.7. The second-order valence-corrected chi connectivity index (χ2v) is 6.37. The predicted octanol–water partition coefficient (Wildman–Crippen LogP) is 2.19. The molecule has 1 saturated heterocycles. The van der Waals surface area contributed by atoms with Crippen LogP contribution in [0.2, 0.25) is 0 Å². The van der Waals surface area contributed by atoms with Crippen LogP contribution in [0.15, 0.2) is 55.2 Å². The van der Waals surface area contributed by atoms with E-state index in [1.54, 1.807) is 42.7 Å². The molecule has 3 aromatic rings. The smallest absolute Gasteiger partial charge is 0.254 e. The van der Waals surface area contributed by atoms with Crippen LogP contribution in [0.25, 0.3) is 11.3 Å². The second-order valence-electron chi connectivity index (χ2n) is 6.37. The lowest BCUT2D eigenvalue weighted by molar-refractivity contribution is -0.0246. The molecular weight excluding hydrogens is 356 g/mol. The highest BCUT2D eigenvalue weighted by atomic mass is 16.5. The van der Waals surface area contributed by atoms with E-state index in [1.165, 1.54) is 6.33 Å². The van der Waals surface area contributed by atoms with Crippen molar-refractivity contribution >= 4 is 11.7 Å². The lowest BCUT2D eigenvalue weighted by Crippen LogP contribution is -2.42. The standard InChI is InChI=1S/C20H20N6O2/c1-21-19-9-14(5-6-24-19)20(27)26-7-8-28-18(12-26)17-4-2-3-16(25-17)15-10-22-13-23-11-15/h2-6,9-11,13,18H,7-8,12H2,1H3,(H,21,24)/t18-/m1/s1. The molecule has 1 atom stereocenters. The number of amides is 1. The summed E-state index contributed by atoms with van der Waals surface area (Å²) in [5, 5.41) is 2.95. The molecule has 1 fully saturated rings. The number of anilines is 1. The van der Waals surface area contributed by atoms with Gasteiger partial charge in [-0.25, -0.2) is 19.9 Å². The molecule has 0 aromatic carbocycles. The normalized spacial score (nSPS) is 16.6. The lowest BCUT2D eigenvalue weighted by Gasteiger charge is -2.33. The van der Waals surface area contributed by atoms with Crippen molar-refractivity contribution in [1.82, 2.24) is 24.8 Å². The fourth-order valence-corrected chi connectivity index (χ4v) is 3.12. The van der Waals surface area contributed by atoms with Gasteiger partial charge in [-0.2, -0.15) is 0 Å². The van der Waals surface area contributed by atoms with Crippen molar-refractivity contribution in [3.05, 3.63) is 66.5 Å². The zero-order chi connectivity index (χ0) is 19.3. The lowest BCUT2D eigenvalue weighted by atomic mass is 10.1. The highest BCUT2D eigenvalue weighted by Gasteiger charge is 2.27. The molecule has 1 aliphatic heterocycles. The van der Waals surface area contributed by atoms with Gasteiger partial charge in [-0.3, -0.25) is 4.79 Å². The summed E-state index contributed by atoms with van der Waals surface area (Å²) in [6, 6.07) is 9.22. The van der Waals surface area contributed by atoms with Gasteiger partial charge in [0, 0.05) is 43.3 Å². The molecule has 0 spiro atoms. The Kier molecular flexibility index (Phi) is 5.20. The molecule has 0 saturated carbocycles. The number of hydrogen-bond acceptors (Lipinski definition) is 7. The van der Waals surface area contributed by atoms with Gasteiger partial charge in [0.1, 0.15) is 18.2 Å². The number of ether oxygens (including phenoxy) is 1. The summed E-state index contributed by atoms with van der Waals surface area (Å²) < 4.78 is 5.90. The van der Waals surface area contributed by atoms with Crippen LogP contribution >= 0.6 is 0 Å². The number of pyridine rings is 2. The van der Waals surface area contributed by atoms with Gasteiger partial charge in [0.05, 0.1) is 24.5 Å². The van der Waals surface area contributed by atoms with Gasteiger partial charge in [-0.15, -0.1) is 0 Å². The monoisotopic (exact) mass is 376 g/mol. The SMILES string of the molecule is CNc1cc(C(=O)N2CCO[C@@H](c3cccc(-c4cncnc4)n3)C2)ccn1. The molecule has 4 heterocycles. The van der Waals surface area contributed by atoms with Crippen LogP contribution in [-0.4, -0.2) is 57.5 Å². The minimum atomic E-state index is -0.284. The fourth-order valence-electron chi connectivity index (χ4n) is 3.12. The van der Waals surface area contributed by atoms with Crippen LogP contribution in [-0.2, 0) is 4.74 Å². The third-order valence-corrected chi connectivity index (χ3v) is 4.57. The molecule has 28 heavy (non-hydrogen) atoms. The average molecular weight is 376 g/mol. The Bertz CT molecular complexity index is 966. The van der Waals surface area contributed by atoms with Gasteiger partial charge < -0.3 is 15.0 Å². The molecule has 1 N–H and O–H groups in total. The molecule has 0 radical (unpaired) electrons. The molecule has 8 nitrogen and oxygen atoms in total. The zero-order valence-electron chi connectivity index (χ0n) is 15.4. The second kappa shape index (κ2) is 8.10. The molecule has 0 aliphatic carbocycles. The number of morpholine rings is 1. The topological polar surface area (TPSA) is 93.1 Å². The summed E-state index contributed by atoms with van der Waals surface area (Å²) in [6.07, 6.45) is 6.27. The molecule has 0 unspecified atom stereocenters. The number of carbonyl (C=O) groups is 1. The largest absolute Gasteiger partial charge is 0.373 e. The summed E-state index contributed by atoms with van der Waals surface area (Å²) in [5.41, 5.74) is 3.00. The van der Waals surface area contributed by atoms with Crippen LogP contribution < -0.4 is 5.32 Å². The summed E-state index contributed by atoms with van der Waals surface area (Å²) in [4.78, 5) is 31.6. The molecule has 0 bridgehead atoms. The number of nitrogens with one attached hydrogen (secondary N) is 1. The Morgan fingerprint density at radius 1 is 1.25 bits per heavy atom. The van der Waals surface area contributed by atoms with Crippen molar-refractivity contribution in [3.8, 4) is 11.3 Å². The third-order valence-electron chi connectivity index (χ3n) is 4.57. The van der Waals surface area contributed by atoms with E-state index in [1.807, 2.05) is 18.2 Å². The first kappa shape index (κ1) is 18.0. The number of nitrogens with zero attached hydrogens (tertiary/aromatic N) is 5. The van der Waals surface area contributed by atoms with Crippen molar-refractivity contribution in [1.29, 1.82) is 0 Å². The van der Waals surface area contributed by atoms with E-state index in [0.717, 1.165) is 17.0 Å². The van der Waals surface area contributed by atoms with E-state index in [4.69, 9.17) is 9.72 Å². The van der Waals surface area contributed by atoms with E-state index < -0.39 is 0 Å². The molecule has 1 aliphatic rings. The summed E-state index contributed by atoms with van der Waals surface area (Å²) >= 11 is 0. The van der Waals surface area contributed by atoms with Crippen LogP contribution in [0.3, 0.4) is 0 Å². The maximum atomic E-state index is 12.9. The Balaban J connectivity index is 1.53. The maximum Gasteiger partial charge on any atom is 0.254 e. The van der Waals surface area contributed by atoms with Gasteiger partial charge in [-0.1, -0.05) is 6.07 Å². The molecule has 4 rings (SSSR count). The summed E-state index contributed by atoms with van der Waals surface area (Å²) in [6.45, 7) is 1.44. The highest BCUT2D eigenvalue weighted by Crippen LogP contribution is 2.24. The van der Waals surface area contributed by atoms with Gasteiger partial charge in [0.25, 0.3) is 5.91 Å². The van der Waals surface area contributed by atoms with Crippen molar-refractivity contribution in [3.63, 3.8) is 0 Å². The minimum absolute atomic E-state index is 0.0418. The van der Waals surface area contributed by atoms with E-state index in [0.29, 0.717) is 31.1 Å². The number of rotatable bonds is 4. The predicted molar refractivity (Wildman–Crippen MR) is 104 cm³/mol. The average Bonchev–Trinajstić information content (AvgIpc) is 2.79. The molecule has 8 heteroatoms. The third kappa shape index (κ3) is 3.81. The quantitative estimate of drug-likeness (QED) is 0.746. The molecular formula is C20H20N6O2. The fraction of sp³-hybridized carbons (Fsp3) is 0.250. The van der Waals surface area contributed by atoms with Crippen molar-refractivity contribution in [2.24, 2.45) is 0 Å². The molecule has 142 valence electrons. The Morgan fingerprint density at radius 2 is 2.11 bits per heavy atom. The first-order valence-corrected chi connectivity index (χ1v) is 9.01. The van der Waals surface area contributed by atoms with E-state index in [2.05, 4.69) is 20.3 Å². The highest BCUT2D eigenvalue weighted by molar-refractivity contribution is 5.94. The molecule has 3 aromatic heterocycles. The van der Waals surface area contributed by atoms with Gasteiger partial charge >= 0.3 is 0 Å². The van der Waals surface area contributed by atoms with Crippen LogP contribution in [0.4, 0.5) is 5.82 Å². The Labute approximate surface area is 162 Å².